The van der Waals surface area contributed by atoms with Crippen LogP contribution in [0.2, 0.25) is 0 Å². The highest BCUT2D eigenvalue weighted by molar-refractivity contribution is 7.97. The van der Waals surface area contributed by atoms with Gasteiger partial charge in [0.1, 0.15) is 6.61 Å². The monoisotopic (exact) mass is 1020 g/mol. The molecule has 0 aliphatic rings. The van der Waals surface area contributed by atoms with Crippen LogP contribution in [0.15, 0.2) is 236 Å². The average molecular weight is 1020 g/mol. The van der Waals surface area contributed by atoms with E-state index in [4.69, 9.17) is 16.7 Å². The van der Waals surface area contributed by atoms with Gasteiger partial charge in [-0.25, -0.2) is 21.6 Å². The minimum absolute atomic E-state index is 0.0146. The van der Waals surface area contributed by atoms with E-state index in [0.717, 1.165) is 0 Å². The predicted molar refractivity (Wildman–Crippen MR) is 251 cm³/mol. The fourth-order valence-electron chi connectivity index (χ4n) is 4.58. The van der Waals surface area contributed by atoms with Gasteiger partial charge in [-0.05, 0) is 98.2 Å². The van der Waals surface area contributed by atoms with E-state index in [2.05, 4.69) is 200 Å². The first-order valence-electron chi connectivity index (χ1n) is 19.2. The van der Waals surface area contributed by atoms with E-state index in [1.54, 1.807) is 6.92 Å². The number of esters is 1. The second-order valence-corrected chi connectivity index (χ2v) is 20.6. The second-order valence-electron chi connectivity index (χ2n) is 13.2. The topological polar surface area (TPSA) is 178 Å². The van der Waals surface area contributed by atoms with Crippen molar-refractivity contribution in [2.24, 2.45) is 0 Å². The third-order valence-corrected chi connectivity index (χ3v) is 14.3. The Labute approximate surface area is 398 Å². The highest BCUT2D eigenvalue weighted by Crippen LogP contribution is 2.32. The standard InChI is InChI=1S/2C18H15S.C6H8F2O5S.C4H5ClO.C2H4F2O4S/c2*1-4-10-16(11-5-1)19(17-12-6-2-7-13-17)18-14-8-3-9-15-18;1-4(2)5(9)13-3-6(7,8)14(10,11)12;1-3(2)4(5)6;3-2(4,1-5)9(6,7)8/h2*1-15H;1,3H2,2H3,(H,10,11,12);1H2,2H3;5H,1H2,(H,6,7,8)/q2*+1;;;/p-2. The lowest BCUT2D eigenvalue weighted by molar-refractivity contribution is -0.144. The lowest BCUT2D eigenvalue weighted by atomic mass is 10.4. The van der Waals surface area contributed by atoms with Gasteiger partial charge in [0.2, 0.25) is 5.24 Å². The van der Waals surface area contributed by atoms with Crippen LogP contribution in [0, 0.1) is 0 Å². The van der Waals surface area contributed by atoms with Crippen LogP contribution in [0.25, 0.3) is 0 Å². The van der Waals surface area contributed by atoms with E-state index in [1.807, 2.05) is 0 Å². The zero-order valence-corrected chi connectivity index (χ0v) is 39.8. The summed E-state index contributed by atoms with van der Waals surface area (Å²) in [5.41, 5.74) is 0.209. The van der Waals surface area contributed by atoms with Crippen molar-refractivity contribution in [3.05, 3.63) is 206 Å². The van der Waals surface area contributed by atoms with Gasteiger partial charge in [-0.3, -0.25) is 4.79 Å². The average Bonchev–Trinajstić information content (AvgIpc) is 3.30. The van der Waals surface area contributed by atoms with Gasteiger partial charge in [-0.15, -0.1) is 0 Å². The van der Waals surface area contributed by atoms with Crippen LogP contribution in [0.3, 0.4) is 0 Å². The van der Waals surface area contributed by atoms with E-state index in [9.17, 15) is 53.1 Å². The molecule has 0 unspecified atom stereocenters. The van der Waals surface area contributed by atoms with Crippen LogP contribution >= 0.6 is 11.6 Å². The van der Waals surface area contributed by atoms with Gasteiger partial charge < -0.3 is 18.9 Å². The number of aliphatic hydroxyl groups is 1. The molecule has 0 aromatic heterocycles. The molecule has 0 saturated carbocycles. The third-order valence-electron chi connectivity index (χ3n) is 7.84. The number of carbonyl (C=O) groups is 2. The third kappa shape index (κ3) is 20.1. The highest BCUT2D eigenvalue weighted by atomic mass is 35.5. The molecule has 0 heterocycles. The molecular weight excluding hydrogens is 976 g/mol. The summed E-state index contributed by atoms with van der Waals surface area (Å²) in [4.78, 5) is 28.5. The number of halogens is 5. The van der Waals surface area contributed by atoms with Crippen LogP contribution in [0.1, 0.15) is 13.8 Å². The Morgan fingerprint density at radius 2 is 0.731 bits per heavy atom. The molecule has 6 aromatic rings. The van der Waals surface area contributed by atoms with Crippen molar-refractivity contribution >= 4 is 64.8 Å². The van der Waals surface area contributed by atoms with Crippen LogP contribution in [-0.2, 0) is 56.4 Å². The number of aliphatic hydroxyl groups excluding tert-OH is 1. The van der Waals surface area contributed by atoms with Crippen molar-refractivity contribution in [1.82, 2.24) is 0 Å². The van der Waals surface area contributed by atoms with Crippen molar-refractivity contribution < 1.29 is 62.9 Å². The summed E-state index contributed by atoms with van der Waals surface area (Å²) in [5, 5.41) is -2.02. The first kappa shape index (κ1) is 57.6. The molecule has 19 heteroatoms. The molecule has 0 bridgehead atoms. The van der Waals surface area contributed by atoms with Gasteiger partial charge in [0.25, 0.3) is 0 Å². The summed E-state index contributed by atoms with van der Waals surface area (Å²) in [7, 11) is -11.5. The van der Waals surface area contributed by atoms with E-state index in [0.29, 0.717) is 5.57 Å². The summed E-state index contributed by atoms with van der Waals surface area (Å²) in [6.07, 6.45) is 0. The van der Waals surface area contributed by atoms with Crippen molar-refractivity contribution in [2.45, 2.75) is 53.7 Å². The maximum Gasteiger partial charge on any atom is 0.367 e. The van der Waals surface area contributed by atoms with Crippen LogP contribution in [0.5, 0.6) is 0 Å². The minimum atomic E-state index is -5.81. The van der Waals surface area contributed by atoms with Crippen LogP contribution < -0.4 is 0 Å². The first-order chi connectivity index (χ1) is 31.4. The van der Waals surface area contributed by atoms with Gasteiger partial charge in [-0.2, -0.15) is 17.6 Å². The second kappa shape index (κ2) is 27.9. The molecule has 6 rings (SSSR count). The SMILES string of the molecule is C=C(C)C(=O)Cl.C=C(C)C(=O)OCC(F)(F)S(=O)(=O)[O-].O=S(=O)([O-])C(F)(F)CO.c1ccc([S+](c2ccccc2)c2ccccc2)cc1.c1ccc([S+](c2ccccc2)c2ccccc2)cc1. The summed E-state index contributed by atoms with van der Waals surface area (Å²) in [5.74, 6) is -1.19. The number of carbonyl (C=O) groups excluding carboxylic acids is 2. The molecule has 6 aromatic carbocycles. The molecule has 0 amide bonds. The Morgan fingerprint density at radius 1 is 0.522 bits per heavy atom. The Bertz CT molecular complexity index is 2350. The van der Waals surface area contributed by atoms with Crippen molar-refractivity contribution in [3.8, 4) is 0 Å². The number of benzene rings is 6. The van der Waals surface area contributed by atoms with Gasteiger partial charge >= 0.3 is 16.5 Å². The normalized spacial score (nSPS) is 11.1. The van der Waals surface area contributed by atoms with Gasteiger partial charge in [0.05, 0.1) is 21.8 Å². The van der Waals surface area contributed by atoms with Gasteiger partial charge in [-0.1, -0.05) is 122 Å². The molecule has 67 heavy (non-hydrogen) atoms. The fraction of sp³-hybridized carbons (Fsp3) is 0.125. The summed E-state index contributed by atoms with van der Waals surface area (Å²) < 4.78 is 110. The van der Waals surface area contributed by atoms with E-state index in [-0.39, 0.29) is 27.4 Å². The fourth-order valence-corrected chi connectivity index (χ4v) is 9.15. The zero-order valence-electron chi connectivity index (χ0n) is 35.8. The Hall–Kier alpha value is -5.57. The summed E-state index contributed by atoms with van der Waals surface area (Å²) >= 11 is 4.87. The Morgan fingerprint density at radius 3 is 0.866 bits per heavy atom. The minimum Gasteiger partial charge on any atom is -0.743 e. The number of rotatable bonds is 13. The van der Waals surface area contributed by atoms with Crippen LogP contribution in [0.4, 0.5) is 17.6 Å². The summed E-state index contributed by atoms with van der Waals surface area (Å²) in [6.45, 7) is 5.32. The number of hydrogen-bond acceptors (Lipinski definition) is 10. The lowest BCUT2D eigenvalue weighted by Crippen LogP contribution is -2.34. The number of alkyl halides is 4. The quantitative estimate of drug-likeness (QED) is 0.0292. The van der Waals surface area contributed by atoms with Crippen molar-refractivity contribution in [1.29, 1.82) is 0 Å². The van der Waals surface area contributed by atoms with E-state index in [1.165, 1.54) is 36.3 Å². The Balaban J connectivity index is 0.000000304. The molecule has 0 atom stereocenters. The molecule has 0 aliphatic heterocycles. The molecule has 0 aliphatic carbocycles. The largest absolute Gasteiger partial charge is 0.743 e. The maximum atomic E-state index is 12.3. The highest BCUT2D eigenvalue weighted by Gasteiger charge is 2.39. The molecule has 356 valence electrons. The maximum absolute atomic E-state index is 12.3. The Kier molecular flexibility index (Phi) is 24.0. The lowest BCUT2D eigenvalue weighted by Gasteiger charge is -2.19. The molecule has 0 spiro atoms. The number of hydrogen-bond donors (Lipinski definition) is 1. The zero-order chi connectivity index (χ0) is 50.3. The van der Waals surface area contributed by atoms with E-state index < -0.39 is 55.2 Å². The molecule has 0 saturated heterocycles. The molecule has 0 fully saturated rings. The number of allylic oxidation sites excluding steroid dienone is 1. The first-order valence-corrected chi connectivity index (χ1v) is 24.8. The molecular formula is C48H45ClF4O10S4. The van der Waals surface area contributed by atoms with E-state index >= 15 is 0 Å². The van der Waals surface area contributed by atoms with Gasteiger partial charge in [0.15, 0.2) is 56.2 Å². The molecule has 1 N–H and O–H groups in total. The number of ether oxygens (including phenoxy) is 1. The van der Waals surface area contributed by atoms with Crippen molar-refractivity contribution in [2.75, 3.05) is 13.2 Å². The molecule has 10 nitrogen and oxygen atoms in total. The molecule has 0 radical (unpaired) electrons. The van der Waals surface area contributed by atoms with Crippen molar-refractivity contribution in [3.63, 3.8) is 0 Å². The summed E-state index contributed by atoms with van der Waals surface area (Å²) in [6, 6.07) is 64.3. The van der Waals surface area contributed by atoms with Crippen LogP contribution in [-0.4, -0.2) is 66.0 Å². The predicted octanol–water partition coefficient (Wildman–Crippen LogP) is 10.3. The van der Waals surface area contributed by atoms with Gasteiger partial charge in [0, 0.05) is 11.1 Å². The smallest absolute Gasteiger partial charge is 0.367 e.